The number of carboxylic acid groups (broad SMARTS) is 1. The maximum Gasteiger partial charge on any atom is 0.430 e. The average Bonchev–Trinajstić information content (AvgIpc) is 2.27. The number of hydrogen-bond donors (Lipinski definition) is 0. The lowest BCUT2D eigenvalue weighted by atomic mass is 10.3. The normalized spacial score (nSPS) is 10.0. The molecular weight excluding hydrogens is 255 g/mol. The van der Waals surface area contributed by atoms with E-state index in [1.165, 1.54) is 6.92 Å². The van der Waals surface area contributed by atoms with Crippen LogP contribution in [0.25, 0.3) is 0 Å². The topological polar surface area (TPSA) is 80.6 Å². The Morgan fingerprint density at radius 2 is 2.00 bits per heavy atom. The Morgan fingerprint density at radius 1 is 1.44 bits per heavy atom. The van der Waals surface area contributed by atoms with Gasteiger partial charge in [-0.2, -0.15) is 13.2 Å². The van der Waals surface area contributed by atoms with Crippen molar-refractivity contribution in [3.8, 4) is 0 Å². The van der Waals surface area contributed by atoms with Crippen LogP contribution in [0.1, 0.15) is 12.5 Å². The molecule has 18 heavy (non-hydrogen) atoms. The molecular formula is C10H10F3NO4. The number of carbonyl (C=O) groups excluding carboxylic acids is 2. The number of carbonyl (C=O) groups is 2. The third-order valence-electron chi connectivity index (χ3n) is 1.45. The lowest BCUT2D eigenvalue weighted by Crippen LogP contribution is -2.37. The zero-order chi connectivity index (χ0) is 14.2. The van der Waals surface area contributed by atoms with E-state index in [2.05, 4.69) is 4.98 Å². The smallest absolute Gasteiger partial charge is 0.430 e. The largest absolute Gasteiger partial charge is 0.542 e. The second-order valence-corrected chi connectivity index (χ2v) is 2.98. The fraction of sp³-hybridized carbons (Fsp3) is 0.300. The van der Waals surface area contributed by atoms with Crippen LogP contribution < -0.4 is 10.1 Å². The molecule has 100 valence electrons. The summed E-state index contributed by atoms with van der Waals surface area (Å²) >= 11 is 0. The molecule has 0 aliphatic carbocycles. The standard InChI is InChI=1S/C8H9NO2.C2HF3O2/c1-7(10)11-6-8-3-2-4-9-5-8;3-2(4,5)1(6)7/h2-5H,6H2,1H3;(H,6,7). The van der Waals surface area contributed by atoms with Gasteiger partial charge in [0.15, 0.2) is 12.4 Å². The van der Waals surface area contributed by atoms with Crippen LogP contribution in [0.5, 0.6) is 0 Å². The number of carboxylic acids is 1. The van der Waals surface area contributed by atoms with Crippen LogP contribution in [0.4, 0.5) is 13.2 Å². The van der Waals surface area contributed by atoms with Gasteiger partial charge in [-0.1, -0.05) is 0 Å². The van der Waals surface area contributed by atoms with Gasteiger partial charge in [-0.05, 0) is 6.07 Å². The molecule has 0 radical (unpaired) electrons. The Bertz CT molecular complexity index is 392. The van der Waals surface area contributed by atoms with Crippen molar-refractivity contribution in [2.24, 2.45) is 0 Å². The number of esters is 1. The summed E-state index contributed by atoms with van der Waals surface area (Å²) in [6, 6.07) is 3.75. The Morgan fingerprint density at radius 3 is 2.33 bits per heavy atom. The number of aliphatic carboxylic acids is 1. The molecule has 0 amide bonds. The molecule has 1 heterocycles. The summed E-state index contributed by atoms with van der Waals surface area (Å²) in [5.41, 5.74) is 0.961. The first-order chi connectivity index (χ1) is 8.23. The summed E-state index contributed by atoms with van der Waals surface area (Å²) in [7, 11) is 0. The number of halogens is 3. The second kappa shape index (κ2) is 7.25. The van der Waals surface area contributed by atoms with E-state index in [4.69, 9.17) is 14.6 Å². The number of hydrogen-bond acceptors (Lipinski definition) is 4. The number of rotatable bonds is 2. The van der Waals surface area contributed by atoms with Gasteiger partial charge < -0.3 is 14.6 Å². The van der Waals surface area contributed by atoms with E-state index in [-0.39, 0.29) is 5.97 Å². The highest BCUT2D eigenvalue weighted by atomic mass is 19.4. The molecule has 0 saturated carbocycles. The quantitative estimate of drug-likeness (QED) is 0.697. The van der Waals surface area contributed by atoms with E-state index in [9.17, 15) is 18.0 Å². The maximum absolute atomic E-state index is 10.5. The van der Waals surface area contributed by atoms with Crippen molar-refractivity contribution in [3.05, 3.63) is 30.1 Å². The Kier molecular flexibility index (Phi) is 6.40. The average molecular weight is 265 g/mol. The molecule has 0 aliphatic rings. The molecule has 1 aromatic rings. The molecule has 0 aromatic carbocycles. The summed E-state index contributed by atoms with van der Waals surface area (Å²) in [6.45, 7) is 1.74. The van der Waals surface area contributed by atoms with Crippen molar-refractivity contribution in [1.29, 1.82) is 0 Å². The molecule has 0 unspecified atom stereocenters. The van der Waals surface area contributed by atoms with Crippen LogP contribution in [0, 0.1) is 0 Å². The zero-order valence-electron chi connectivity index (χ0n) is 9.28. The first kappa shape index (κ1) is 15.9. The predicted molar refractivity (Wildman–Crippen MR) is 49.5 cm³/mol. The number of aromatic nitrogens is 1. The summed E-state index contributed by atoms with van der Waals surface area (Å²) in [5, 5.41) is 8.78. The van der Waals surface area contributed by atoms with Crippen molar-refractivity contribution in [3.63, 3.8) is 0 Å². The number of nitrogens with one attached hydrogen (secondary N) is 1. The van der Waals surface area contributed by atoms with Crippen molar-refractivity contribution in [1.82, 2.24) is 0 Å². The Hall–Kier alpha value is -2.12. The molecule has 0 fully saturated rings. The number of pyridine rings is 1. The molecule has 0 bridgehead atoms. The zero-order valence-corrected chi connectivity index (χ0v) is 9.28. The first-order valence-corrected chi connectivity index (χ1v) is 4.60. The van der Waals surface area contributed by atoms with Crippen molar-refractivity contribution < 1.29 is 37.6 Å². The lowest BCUT2D eigenvalue weighted by Gasteiger charge is -2.03. The van der Waals surface area contributed by atoms with Crippen LogP contribution in [0.2, 0.25) is 0 Å². The Labute approximate surface area is 100 Å². The minimum absolute atomic E-state index is 0.256. The van der Waals surface area contributed by atoms with Crippen molar-refractivity contribution in [2.75, 3.05) is 0 Å². The van der Waals surface area contributed by atoms with E-state index in [1.54, 1.807) is 12.4 Å². The van der Waals surface area contributed by atoms with E-state index >= 15 is 0 Å². The maximum atomic E-state index is 10.5. The highest BCUT2D eigenvalue weighted by molar-refractivity contribution is 5.70. The van der Waals surface area contributed by atoms with Gasteiger partial charge in [-0.15, -0.1) is 0 Å². The molecule has 5 nitrogen and oxygen atoms in total. The first-order valence-electron chi connectivity index (χ1n) is 4.60. The van der Waals surface area contributed by atoms with Crippen LogP contribution in [0.15, 0.2) is 24.5 Å². The van der Waals surface area contributed by atoms with Crippen LogP contribution in [0.3, 0.4) is 0 Å². The monoisotopic (exact) mass is 265 g/mol. The second-order valence-electron chi connectivity index (χ2n) is 2.98. The van der Waals surface area contributed by atoms with Gasteiger partial charge in [-0.3, -0.25) is 4.79 Å². The van der Waals surface area contributed by atoms with Gasteiger partial charge in [0, 0.05) is 13.0 Å². The molecule has 0 aliphatic heterocycles. The third-order valence-corrected chi connectivity index (χ3v) is 1.45. The van der Waals surface area contributed by atoms with Crippen molar-refractivity contribution in [2.45, 2.75) is 19.7 Å². The molecule has 8 heteroatoms. The Balaban J connectivity index is 0.000000360. The van der Waals surface area contributed by atoms with Crippen LogP contribution >= 0.6 is 0 Å². The van der Waals surface area contributed by atoms with E-state index in [0.717, 1.165) is 5.56 Å². The molecule has 0 spiro atoms. The highest BCUT2D eigenvalue weighted by Crippen LogP contribution is 2.11. The van der Waals surface area contributed by atoms with E-state index in [1.807, 2.05) is 12.1 Å². The summed E-state index contributed by atoms with van der Waals surface area (Å²) < 4.78 is 36.3. The predicted octanol–water partition coefficient (Wildman–Crippen LogP) is -0.138. The third kappa shape index (κ3) is 8.08. The molecule has 0 atom stereocenters. The van der Waals surface area contributed by atoms with Gasteiger partial charge in [0.05, 0.1) is 5.56 Å². The molecule has 0 saturated heterocycles. The fourth-order valence-corrected chi connectivity index (χ4v) is 0.705. The van der Waals surface area contributed by atoms with Crippen LogP contribution in [-0.2, 0) is 20.9 Å². The molecule has 1 N–H and O–H groups in total. The minimum atomic E-state index is -5.19. The molecule has 1 rings (SSSR count). The summed E-state index contributed by atoms with van der Waals surface area (Å²) in [6.07, 6.45) is -1.60. The van der Waals surface area contributed by atoms with Crippen LogP contribution in [-0.4, -0.2) is 18.1 Å². The van der Waals surface area contributed by atoms with Gasteiger partial charge >= 0.3 is 12.1 Å². The van der Waals surface area contributed by atoms with E-state index in [0.29, 0.717) is 6.61 Å². The number of H-pyrrole nitrogens is 1. The number of alkyl halides is 3. The minimum Gasteiger partial charge on any atom is -0.542 e. The van der Waals surface area contributed by atoms with Gasteiger partial charge in [-0.25, -0.2) is 4.98 Å². The van der Waals surface area contributed by atoms with Gasteiger partial charge in [0.25, 0.3) is 0 Å². The number of aromatic amines is 1. The van der Waals surface area contributed by atoms with Gasteiger partial charge in [0.1, 0.15) is 12.6 Å². The van der Waals surface area contributed by atoms with E-state index < -0.39 is 12.1 Å². The SMILES string of the molecule is CC(=O)OCc1ccc[nH+]c1.O=C([O-])C(F)(F)F. The fourth-order valence-electron chi connectivity index (χ4n) is 0.705. The lowest BCUT2D eigenvalue weighted by molar-refractivity contribution is -0.379. The highest BCUT2D eigenvalue weighted by Gasteiger charge is 2.28. The molecule has 1 aromatic heterocycles. The number of ether oxygens (including phenoxy) is 1. The summed E-state index contributed by atoms with van der Waals surface area (Å²) in [4.78, 5) is 22.1. The van der Waals surface area contributed by atoms with Crippen molar-refractivity contribution >= 4 is 11.9 Å². The summed E-state index contributed by atoms with van der Waals surface area (Å²) in [5.74, 6) is -3.26. The van der Waals surface area contributed by atoms with Gasteiger partial charge in [0.2, 0.25) is 0 Å².